The molecule has 0 atom stereocenters. The lowest BCUT2D eigenvalue weighted by Gasteiger charge is -2.09. The molecule has 0 aromatic heterocycles. The van der Waals surface area contributed by atoms with Crippen LogP contribution in [0.15, 0.2) is 35.2 Å². The number of hydrogen-bond acceptors (Lipinski definition) is 4. The molecule has 2 N–H and O–H groups in total. The second-order valence-corrected chi connectivity index (χ2v) is 5.08. The molecule has 0 bridgehead atoms. The second-order valence-electron chi connectivity index (χ2n) is 3.73. The fraction of sp³-hybridized carbons (Fsp3) is 0.167. The molecule has 0 unspecified atom stereocenters. The maximum Gasteiger partial charge on any atom is 0.332 e. The molecule has 0 saturated carbocycles. The Hall–Kier alpha value is -1.82. The number of halogens is 1. The molecule has 18 heavy (non-hydrogen) atoms. The molecule has 0 heterocycles. The summed E-state index contributed by atoms with van der Waals surface area (Å²) >= 11 is 0. The van der Waals surface area contributed by atoms with E-state index < -0.39 is 10.2 Å². The predicted octanol–water partition coefficient (Wildman–Crippen LogP) is 2.48. The van der Waals surface area contributed by atoms with Crippen LogP contribution in [0.3, 0.4) is 0 Å². The molecule has 0 aliphatic carbocycles. The zero-order valence-corrected chi connectivity index (χ0v) is 10.5. The first-order chi connectivity index (χ1) is 8.43. The summed E-state index contributed by atoms with van der Waals surface area (Å²) in [5.74, 6) is 0.529. The quantitative estimate of drug-likeness (QED) is 0.686. The van der Waals surface area contributed by atoms with Gasteiger partial charge in [-0.15, -0.1) is 3.89 Å². The number of fused-ring (bicyclic) bond motifs is 1. The number of ether oxygens (including phenoxy) is 1. The molecule has 4 nitrogen and oxygen atoms in total. The predicted molar refractivity (Wildman–Crippen MR) is 67.8 cm³/mol. The van der Waals surface area contributed by atoms with Crippen molar-refractivity contribution in [2.24, 2.45) is 0 Å². The molecule has 0 amide bonds. The van der Waals surface area contributed by atoms with E-state index in [2.05, 4.69) is 0 Å². The highest BCUT2D eigenvalue weighted by Gasteiger charge is 2.13. The number of anilines is 1. The van der Waals surface area contributed by atoms with Crippen molar-refractivity contribution in [2.45, 2.75) is 11.8 Å². The molecule has 2 rings (SSSR count). The Morgan fingerprint density at radius 1 is 1.28 bits per heavy atom. The highest BCUT2D eigenvalue weighted by atomic mass is 32.3. The van der Waals surface area contributed by atoms with Crippen molar-refractivity contribution in [3.63, 3.8) is 0 Å². The Balaban J connectivity index is 2.65. The number of hydrogen-bond donors (Lipinski definition) is 1. The van der Waals surface area contributed by atoms with Gasteiger partial charge in [0.15, 0.2) is 0 Å². The molecular formula is C12H12FNO3S. The zero-order valence-electron chi connectivity index (χ0n) is 9.68. The van der Waals surface area contributed by atoms with Gasteiger partial charge in [-0.05, 0) is 30.5 Å². The standard InChI is InChI=1S/C12H12FNO3S/c1-2-17-11-6-3-8-7-9(18(13,15)16)4-5-10(8)12(11)14/h3-7H,2,14H2,1H3. The summed E-state index contributed by atoms with van der Waals surface area (Å²) in [6, 6.07) is 7.18. The van der Waals surface area contributed by atoms with Gasteiger partial charge in [0, 0.05) is 5.39 Å². The minimum absolute atomic E-state index is 0.376. The molecule has 0 saturated heterocycles. The molecule has 0 fully saturated rings. The smallest absolute Gasteiger partial charge is 0.332 e. The molecule has 2 aromatic carbocycles. The normalized spacial score (nSPS) is 11.7. The molecular weight excluding hydrogens is 257 g/mol. The van der Waals surface area contributed by atoms with Crippen molar-refractivity contribution in [1.29, 1.82) is 0 Å². The SMILES string of the molecule is CCOc1ccc2cc(S(=O)(=O)F)ccc2c1N. The van der Waals surface area contributed by atoms with E-state index in [4.69, 9.17) is 10.5 Å². The van der Waals surface area contributed by atoms with Gasteiger partial charge in [-0.25, -0.2) is 0 Å². The van der Waals surface area contributed by atoms with E-state index >= 15 is 0 Å². The molecule has 6 heteroatoms. The van der Waals surface area contributed by atoms with Crippen molar-refractivity contribution in [1.82, 2.24) is 0 Å². The van der Waals surface area contributed by atoms with Crippen LogP contribution < -0.4 is 10.5 Å². The van der Waals surface area contributed by atoms with E-state index in [1.165, 1.54) is 18.2 Å². The maximum absolute atomic E-state index is 12.9. The lowest BCUT2D eigenvalue weighted by atomic mass is 10.1. The molecule has 0 spiro atoms. The minimum Gasteiger partial charge on any atom is -0.492 e. The fourth-order valence-electron chi connectivity index (χ4n) is 1.74. The topological polar surface area (TPSA) is 69.4 Å². The van der Waals surface area contributed by atoms with Gasteiger partial charge in [-0.2, -0.15) is 8.42 Å². The van der Waals surface area contributed by atoms with Crippen LogP contribution in [-0.4, -0.2) is 15.0 Å². The number of nitrogens with two attached hydrogens (primary N) is 1. The number of rotatable bonds is 3. The van der Waals surface area contributed by atoms with Crippen LogP contribution in [0, 0.1) is 0 Å². The van der Waals surface area contributed by atoms with E-state index in [9.17, 15) is 12.3 Å². The Labute approximate surface area is 104 Å². The van der Waals surface area contributed by atoms with Crippen molar-refractivity contribution < 1.29 is 17.0 Å². The third-order valence-corrected chi connectivity index (χ3v) is 3.39. The van der Waals surface area contributed by atoms with Gasteiger partial charge in [-0.3, -0.25) is 0 Å². The summed E-state index contributed by atoms with van der Waals surface area (Å²) in [7, 11) is -4.70. The Morgan fingerprint density at radius 3 is 2.61 bits per heavy atom. The van der Waals surface area contributed by atoms with Crippen LogP contribution in [0.1, 0.15) is 6.92 Å². The van der Waals surface area contributed by atoms with Gasteiger partial charge in [0.2, 0.25) is 0 Å². The van der Waals surface area contributed by atoms with Gasteiger partial charge in [0.25, 0.3) is 0 Å². The first-order valence-corrected chi connectivity index (χ1v) is 6.71. The molecule has 0 radical (unpaired) electrons. The highest BCUT2D eigenvalue weighted by molar-refractivity contribution is 7.86. The van der Waals surface area contributed by atoms with Crippen LogP contribution in [0.25, 0.3) is 10.8 Å². The average molecular weight is 269 g/mol. The molecule has 2 aromatic rings. The number of benzene rings is 2. The largest absolute Gasteiger partial charge is 0.492 e. The summed E-state index contributed by atoms with van der Waals surface area (Å²) in [5, 5.41) is 1.18. The molecule has 0 aliphatic rings. The second kappa shape index (κ2) is 4.45. The third-order valence-electron chi connectivity index (χ3n) is 2.57. The molecule has 96 valence electrons. The van der Waals surface area contributed by atoms with Crippen LogP contribution in [0.2, 0.25) is 0 Å². The third kappa shape index (κ3) is 2.24. The summed E-state index contributed by atoms with van der Waals surface area (Å²) in [5.41, 5.74) is 6.31. The Bertz CT molecular complexity index is 698. The van der Waals surface area contributed by atoms with E-state index in [1.54, 1.807) is 12.1 Å². The molecule has 0 aliphatic heterocycles. The fourth-order valence-corrected chi connectivity index (χ4v) is 2.24. The van der Waals surface area contributed by atoms with Crippen LogP contribution in [0.4, 0.5) is 9.57 Å². The van der Waals surface area contributed by atoms with Crippen LogP contribution in [-0.2, 0) is 10.2 Å². The maximum atomic E-state index is 12.9. The highest BCUT2D eigenvalue weighted by Crippen LogP contribution is 2.32. The van der Waals surface area contributed by atoms with E-state index in [0.717, 1.165) is 0 Å². The Morgan fingerprint density at radius 2 is 2.00 bits per heavy atom. The number of nitrogen functional groups attached to an aromatic ring is 1. The van der Waals surface area contributed by atoms with Crippen molar-refractivity contribution in [3.8, 4) is 5.75 Å². The lowest BCUT2D eigenvalue weighted by Crippen LogP contribution is -1.98. The zero-order chi connectivity index (χ0) is 13.3. The van der Waals surface area contributed by atoms with Gasteiger partial charge in [-0.1, -0.05) is 12.1 Å². The Kier molecular flexibility index (Phi) is 3.13. The van der Waals surface area contributed by atoms with Gasteiger partial charge in [0.05, 0.1) is 17.2 Å². The summed E-state index contributed by atoms with van der Waals surface area (Å²) < 4.78 is 39.8. The van der Waals surface area contributed by atoms with Gasteiger partial charge < -0.3 is 10.5 Å². The van der Waals surface area contributed by atoms with Gasteiger partial charge >= 0.3 is 10.2 Å². The summed E-state index contributed by atoms with van der Waals surface area (Å²) in [4.78, 5) is -0.376. The monoisotopic (exact) mass is 269 g/mol. The van der Waals surface area contributed by atoms with Crippen molar-refractivity contribution in [2.75, 3.05) is 12.3 Å². The minimum atomic E-state index is -4.70. The lowest BCUT2D eigenvalue weighted by molar-refractivity contribution is 0.342. The van der Waals surface area contributed by atoms with E-state index in [0.29, 0.717) is 28.8 Å². The summed E-state index contributed by atoms with van der Waals surface area (Å²) in [6.45, 7) is 2.31. The van der Waals surface area contributed by atoms with Crippen LogP contribution >= 0.6 is 0 Å². The summed E-state index contributed by atoms with van der Waals surface area (Å²) in [6.07, 6.45) is 0. The van der Waals surface area contributed by atoms with Crippen molar-refractivity contribution >= 4 is 26.7 Å². The van der Waals surface area contributed by atoms with E-state index in [-0.39, 0.29) is 4.90 Å². The van der Waals surface area contributed by atoms with Crippen molar-refractivity contribution in [3.05, 3.63) is 30.3 Å². The first-order valence-electron chi connectivity index (χ1n) is 5.33. The average Bonchev–Trinajstić information content (AvgIpc) is 2.31. The van der Waals surface area contributed by atoms with Crippen LogP contribution in [0.5, 0.6) is 5.75 Å². The first kappa shape index (κ1) is 12.6. The van der Waals surface area contributed by atoms with E-state index in [1.807, 2.05) is 6.92 Å². The van der Waals surface area contributed by atoms with Gasteiger partial charge in [0.1, 0.15) is 5.75 Å².